The second-order valence-corrected chi connectivity index (χ2v) is 7.28. The Morgan fingerprint density at radius 1 is 1.10 bits per heavy atom. The minimum absolute atomic E-state index is 0.0147. The van der Waals surface area contributed by atoms with Gasteiger partial charge in [0.2, 0.25) is 0 Å². The van der Waals surface area contributed by atoms with Gasteiger partial charge in [-0.3, -0.25) is 14.6 Å². The Hall–Kier alpha value is -3.85. The van der Waals surface area contributed by atoms with Crippen molar-refractivity contribution >= 4 is 23.3 Å². The first kappa shape index (κ1) is 21.8. The molecule has 0 aliphatic carbocycles. The van der Waals surface area contributed by atoms with Crippen molar-refractivity contribution in [3.8, 4) is 11.3 Å². The van der Waals surface area contributed by atoms with Crippen molar-refractivity contribution in [3.63, 3.8) is 0 Å². The van der Waals surface area contributed by atoms with Crippen LogP contribution in [-0.2, 0) is 0 Å². The number of carbonyl (C=O) groups excluding carboxylic acids is 2. The van der Waals surface area contributed by atoms with Gasteiger partial charge < -0.3 is 21.3 Å². The van der Waals surface area contributed by atoms with Gasteiger partial charge in [0.25, 0.3) is 11.8 Å². The summed E-state index contributed by atoms with van der Waals surface area (Å²) in [5.41, 5.74) is 8.11. The van der Waals surface area contributed by atoms with Crippen molar-refractivity contribution < 1.29 is 9.59 Å². The lowest BCUT2D eigenvalue weighted by Gasteiger charge is -2.19. The molecule has 31 heavy (non-hydrogen) atoms. The molecule has 1 unspecified atom stereocenters. The van der Waals surface area contributed by atoms with Crippen LogP contribution in [0.3, 0.4) is 0 Å². The van der Waals surface area contributed by atoms with Gasteiger partial charge in [0.1, 0.15) is 0 Å². The van der Waals surface area contributed by atoms with Crippen molar-refractivity contribution in [3.05, 3.63) is 66.2 Å². The highest BCUT2D eigenvalue weighted by Gasteiger charge is 2.16. The van der Waals surface area contributed by atoms with Gasteiger partial charge in [-0.05, 0) is 45.3 Å². The molecule has 0 spiro atoms. The molecule has 9 heteroatoms. The Morgan fingerprint density at radius 3 is 2.48 bits per heavy atom. The van der Waals surface area contributed by atoms with E-state index < -0.39 is 5.91 Å². The largest absolute Gasteiger partial charge is 0.382 e. The number of nitrogens with one attached hydrogen (secondary N) is 2. The highest BCUT2D eigenvalue weighted by molar-refractivity contribution is 6.05. The van der Waals surface area contributed by atoms with Crippen molar-refractivity contribution in [2.24, 2.45) is 0 Å². The van der Waals surface area contributed by atoms with Gasteiger partial charge in [-0.2, -0.15) is 0 Å². The standard InChI is InChI=1S/C22H25N7O2/c1-14(29(2)3)11-26-21(30)16-8-6-15(7-9-16)18-13-25-20(23)19(28-18)22(31)27-17-5-4-10-24-12-17/h4-10,12-14H,11H2,1-3H3,(H2,23,25)(H,26,30)(H,27,31). The lowest BCUT2D eigenvalue weighted by molar-refractivity contribution is 0.0943. The van der Waals surface area contributed by atoms with E-state index in [1.807, 2.05) is 25.9 Å². The minimum atomic E-state index is -0.481. The van der Waals surface area contributed by atoms with E-state index in [1.54, 1.807) is 42.6 Å². The topological polar surface area (TPSA) is 126 Å². The molecule has 2 aromatic heterocycles. The fourth-order valence-electron chi connectivity index (χ4n) is 2.65. The summed E-state index contributed by atoms with van der Waals surface area (Å²) in [6.45, 7) is 2.58. The molecular formula is C22H25N7O2. The smallest absolute Gasteiger partial charge is 0.278 e. The summed E-state index contributed by atoms with van der Waals surface area (Å²) < 4.78 is 0. The molecule has 9 nitrogen and oxygen atoms in total. The molecule has 3 rings (SSSR count). The van der Waals surface area contributed by atoms with E-state index in [0.29, 0.717) is 29.1 Å². The number of anilines is 2. The van der Waals surface area contributed by atoms with Gasteiger partial charge in [-0.15, -0.1) is 0 Å². The first-order valence-corrected chi connectivity index (χ1v) is 9.74. The molecule has 160 valence electrons. The van der Waals surface area contributed by atoms with Crippen molar-refractivity contribution in [1.82, 2.24) is 25.2 Å². The number of hydrogen-bond donors (Lipinski definition) is 3. The van der Waals surface area contributed by atoms with E-state index in [4.69, 9.17) is 5.73 Å². The van der Waals surface area contributed by atoms with Crippen LogP contribution in [-0.4, -0.2) is 58.3 Å². The summed E-state index contributed by atoms with van der Waals surface area (Å²) in [6.07, 6.45) is 4.62. The summed E-state index contributed by atoms with van der Waals surface area (Å²) >= 11 is 0. The van der Waals surface area contributed by atoms with Gasteiger partial charge in [0.05, 0.1) is 23.8 Å². The van der Waals surface area contributed by atoms with E-state index in [9.17, 15) is 9.59 Å². The number of pyridine rings is 1. The number of likely N-dealkylation sites (N-methyl/N-ethyl adjacent to an activating group) is 1. The first-order chi connectivity index (χ1) is 14.8. The average molecular weight is 419 g/mol. The Bertz CT molecular complexity index is 1050. The third kappa shape index (κ3) is 5.61. The maximum atomic E-state index is 12.6. The maximum Gasteiger partial charge on any atom is 0.278 e. The van der Waals surface area contributed by atoms with Crippen LogP contribution < -0.4 is 16.4 Å². The molecule has 0 bridgehead atoms. The molecule has 0 saturated heterocycles. The predicted octanol–water partition coefficient (Wildman–Crippen LogP) is 2.05. The van der Waals surface area contributed by atoms with Crippen LogP contribution in [0.2, 0.25) is 0 Å². The quantitative estimate of drug-likeness (QED) is 0.535. The van der Waals surface area contributed by atoms with E-state index in [2.05, 4.69) is 25.6 Å². The van der Waals surface area contributed by atoms with Crippen molar-refractivity contribution in [2.45, 2.75) is 13.0 Å². The van der Waals surface area contributed by atoms with Crippen LogP contribution in [0.1, 0.15) is 27.8 Å². The number of benzene rings is 1. The summed E-state index contributed by atoms with van der Waals surface area (Å²) in [6, 6.07) is 10.6. The minimum Gasteiger partial charge on any atom is -0.382 e. The Kier molecular flexibility index (Phi) is 6.88. The second kappa shape index (κ2) is 9.77. The molecule has 4 N–H and O–H groups in total. The number of hydrogen-bond acceptors (Lipinski definition) is 7. The highest BCUT2D eigenvalue weighted by atomic mass is 16.2. The van der Waals surface area contributed by atoms with E-state index in [-0.39, 0.29) is 23.5 Å². The lowest BCUT2D eigenvalue weighted by atomic mass is 10.1. The fourth-order valence-corrected chi connectivity index (χ4v) is 2.65. The zero-order valence-electron chi connectivity index (χ0n) is 17.7. The summed E-state index contributed by atoms with van der Waals surface area (Å²) in [4.78, 5) is 39.4. The number of aromatic nitrogens is 3. The Labute approximate surface area is 180 Å². The molecule has 1 aromatic carbocycles. The molecular weight excluding hydrogens is 394 g/mol. The van der Waals surface area contributed by atoms with Crippen molar-refractivity contribution in [1.29, 1.82) is 0 Å². The molecule has 0 saturated carbocycles. The normalized spacial score (nSPS) is 11.7. The number of nitrogen functional groups attached to an aromatic ring is 1. The average Bonchev–Trinajstić information content (AvgIpc) is 2.78. The van der Waals surface area contributed by atoms with Crippen LogP contribution in [0, 0.1) is 0 Å². The Balaban J connectivity index is 1.73. The maximum absolute atomic E-state index is 12.6. The van der Waals surface area contributed by atoms with Crippen LogP contribution >= 0.6 is 0 Å². The third-order valence-corrected chi connectivity index (χ3v) is 4.82. The number of carbonyl (C=O) groups is 2. The summed E-state index contributed by atoms with van der Waals surface area (Å²) in [7, 11) is 3.93. The summed E-state index contributed by atoms with van der Waals surface area (Å²) in [5, 5.41) is 5.60. The van der Waals surface area contributed by atoms with Crippen LogP contribution in [0.15, 0.2) is 55.0 Å². The van der Waals surface area contributed by atoms with Crippen molar-refractivity contribution in [2.75, 3.05) is 31.7 Å². The highest BCUT2D eigenvalue weighted by Crippen LogP contribution is 2.20. The monoisotopic (exact) mass is 419 g/mol. The number of nitrogens with zero attached hydrogens (tertiary/aromatic N) is 4. The zero-order chi connectivity index (χ0) is 22.4. The molecule has 1 atom stereocenters. The lowest BCUT2D eigenvalue weighted by Crippen LogP contribution is -2.38. The summed E-state index contributed by atoms with van der Waals surface area (Å²) in [5.74, 6) is -0.609. The molecule has 3 aromatic rings. The van der Waals surface area contributed by atoms with Gasteiger partial charge >= 0.3 is 0 Å². The fraction of sp³-hybridized carbons (Fsp3) is 0.227. The first-order valence-electron chi connectivity index (χ1n) is 9.74. The van der Waals surface area contributed by atoms with Gasteiger partial charge in [-0.25, -0.2) is 9.97 Å². The van der Waals surface area contributed by atoms with Gasteiger partial charge in [0, 0.05) is 29.9 Å². The SMILES string of the molecule is CC(CNC(=O)c1ccc(-c2cnc(N)c(C(=O)Nc3cccnc3)n2)cc1)N(C)C. The van der Waals surface area contributed by atoms with E-state index in [0.717, 1.165) is 0 Å². The predicted molar refractivity (Wildman–Crippen MR) is 120 cm³/mol. The van der Waals surface area contributed by atoms with E-state index in [1.165, 1.54) is 12.4 Å². The third-order valence-electron chi connectivity index (χ3n) is 4.82. The number of rotatable bonds is 7. The number of nitrogens with two attached hydrogens (primary N) is 1. The Morgan fingerprint density at radius 2 is 1.84 bits per heavy atom. The number of amides is 2. The van der Waals surface area contributed by atoms with Gasteiger partial charge in [-0.1, -0.05) is 12.1 Å². The van der Waals surface area contributed by atoms with Crippen LogP contribution in [0.5, 0.6) is 0 Å². The zero-order valence-corrected chi connectivity index (χ0v) is 17.7. The molecule has 0 fully saturated rings. The van der Waals surface area contributed by atoms with Crippen LogP contribution in [0.4, 0.5) is 11.5 Å². The van der Waals surface area contributed by atoms with Crippen LogP contribution in [0.25, 0.3) is 11.3 Å². The molecule has 2 heterocycles. The molecule has 0 aliphatic rings. The van der Waals surface area contributed by atoms with E-state index >= 15 is 0 Å². The van der Waals surface area contributed by atoms with Gasteiger partial charge in [0.15, 0.2) is 11.5 Å². The molecule has 0 radical (unpaired) electrons. The molecule has 2 amide bonds. The molecule has 0 aliphatic heterocycles. The second-order valence-electron chi connectivity index (χ2n) is 7.28.